The summed E-state index contributed by atoms with van der Waals surface area (Å²) in [6.45, 7) is 1.18. The predicted molar refractivity (Wildman–Crippen MR) is 60.3 cm³/mol. The van der Waals surface area contributed by atoms with Crippen LogP contribution in [-0.2, 0) is 19.6 Å². The van der Waals surface area contributed by atoms with Crippen molar-refractivity contribution in [3.63, 3.8) is 0 Å². The second kappa shape index (κ2) is 5.75. The van der Waals surface area contributed by atoms with Gasteiger partial charge in [0.15, 0.2) is 29.8 Å². The van der Waals surface area contributed by atoms with E-state index in [1.54, 1.807) is 0 Å². The molecule has 0 fully saturated rings. The largest absolute Gasteiger partial charge is 0.478 e. The zero-order valence-corrected chi connectivity index (χ0v) is 10.2. The number of aliphatic hydroxyl groups excluding tert-OH is 1. The van der Waals surface area contributed by atoms with E-state index in [0.717, 1.165) is 12.1 Å². The van der Waals surface area contributed by atoms with Crippen LogP contribution in [0.25, 0.3) is 0 Å². The Labute approximate surface area is 107 Å². The highest BCUT2D eigenvalue weighted by Gasteiger charge is 2.14. The molecule has 2 rings (SSSR count). The third-order valence-corrected chi connectivity index (χ3v) is 2.41. The lowest BCUT2D eigenvalue weighted by Gasteiger charge is -2.07. The van der Waals surface area contributed by atoms with Gasteiger partial charge >= 0.3 is 0 Å². The summed E-state index contributed by atoms with van der Waals surface area (Å²) in [5, 5.41) is 12.4. The molecular weight excluding hydrogens is 258 g/mol. The zero-order chi connectivity index (χ0) is 13.8. The molecule has 1 N–H and O–H groups in total. The summed E-state index contributed by atoms with van der Waals surface area (Å²) < 4.78 is 36.9. The second-order valence-electron chi connectivity index (χ2n) is 3.79. The van der Waals surface area contributed by atoms with Gasteiger partial charge in [0.2, 0.25) is 0 Å². The van der Waals surface area contributed by atoms with Crippen molar-refractivity contribution in [3.8, 4) is 5.75 Å². The minimum absolute atomic E-state index is 0.133. The van der Waals surface area contributed by atoms with Gasteiger partial charge in [-0.25, -0.2) is 8.78 Å². The van der Waals surface area contributed by atoms with E-state index in [2.05, 4.69) is 10.1 Å². The van der Waals surface area contributed by atoms with Crippen LogP contribution in [0.1, 0.15) is 24.2 Å². The van der Waals surface area contributed by atoms with Gasteiger partial charge in [0, 0.05) is 6.42 Å². The summed E-state index contributed by atoms with van der Waals surface area (Å²) in [6.07, 6.45) is 0.595. The van der Waals surface area contributed by atoms with Gasteiger partial charge in [-0.3, -0.25) is 0 Å². The molecule has 0 unspecified atom stereocenters. The Hall–Kier alpha value is -2.02. The molecule has 0 aliphatic carbocycles. The normalized spacial score (nSPS) is 10.7. The second-order valence-corrected chi connectivity index (χ2v) is 3.79. The fraction of sp³-hybridized carbons (Fsp3) is 0.333. The van der Waals surface area contributed by atoms with Crippen molar-refractivity contribution in [2.75, 3.05) is 0 Å². The average Bonchev–Trinajstić information content (AvgIpc) is 2.85. The summed E-state index contributed by atoms with van der Waals surface area (Å²) in [5.74, 6) is -1.68. The Morgan fingerprint density at radius 1 is 1.32 bits per heavy atom. The molecule has 0 saturated heterocycles. The van der Waals surface area contributed by atoms with Crippen molar-refractivity contribution in [2.24, 2.45) is 0 Å². The number of rotatable bonds is 5. The maximum Gasteiger partial charge on any atom is 0.264 e. The van der Waals surface area contributed by atoms with E-state index < -0.39 is 24.0 Å². The first-order valence-corrected chi connectivity index (χ1v) is 5.67. The summed E-state index contributed by atoms with van der Waals surface area (Å²) in [7, 11) is 0. The van der Waals surface area contributed by atoms with Crippen LogP contribution in [0.3, 0.4) is 0 Å². The lowest BCUT2D eigenvalue weighted by atomic mass is 10.2. The van der Waals surface area contributed by atoms with Gasteiger partial charge in [-0.15, -0.1) is 0 Å². The number of nitrogens with zero attached hydrogens (tertiary/aromatic N) is 2. The standard InChI is InChI=1S/C12H12F2N2O3/c1-2-10-15-11(19-16-10)6-18-12-8(13)3-7(5-17)4-9(12)14/h3-4,17H,2,5-6H2,1H3. The maximum absolute atomic E-state index is 13.5. The number of aryl methyl sites for hydroxylation is 1. The van der Waals surface area contributed by atoms with Gasteiger partial charge < -0.3 is 14.4 Å². The van der Waals surface area contributed by atoms with Crippen molar-refractivity contribution in [2.45, 2.75) is 26.6 Å². The SMILES string of the molecule is CCc1noc(COc2c(F)cc(CO)cc2F)n1. The third kappa shape index (κ3) is 3.05. The molecule has 0 spiro atoms. The van der Waals surface area contributed by atoms with Crippen molar-refractivity contribution in [1.29, 1.82) is 0 Å². The van der Waals surface area contributed by atoms with Crippen molar-refractivity contribution in [1.82, 2.24) is 10.1 Å². The number of hydrogen-bond donors (Lipinski definition) is 1. The van der Waals surface area contributed by atoms with Crippen LogP contribution in [0.5, 0.6) is 5.75 Å². The Bertz CT molecular complexity index is 549. The van der Waals surface area contributed by atoms with Crippen LogP contribution in [0.4, 0.5) is 8.78 Å². The van der Waals surface area contributed by atoms with Gasteiger partial charge in [0.05, 0.1) is 6.61 Å². The third-order valence-electron chi connectivity index (χ3n) is 2.41. The first kappa shape index (κ1) is 13.4. The summed E-state index contributed by atoms with van der Waals surface area (Å²) >= 11 is 0. The maximum atomic E-state index is 13.5. The molecule has 0 aliphatic heterocycles. The highest BCUT2D eigenvalue weighted by Crippen LogP contribution is 2.24. The van der Waals surface area contributed by atoms with Gasteiger partial charge in [0.1, 0.15) is 0 Å². The molecule has 1 heterocycles. The molecule has 19 heavy (non-hydrogen) atoms. The lowest BCUT2D eigenvalue weighted by Crippen LogP contribution is -2.01. The topological polar surface area (TPSA) is 68.4 Å². The summed E-state index contributed by atoms with van der Waals surface area (Å²) in [4.78, 5) is 3.95. The fourth-order valence-electron chi connectivity index (χ4n) is 1.47. The molecule has 0 saturated carbocycles. The molecule has 102 valence electrons. The Morgan fingerprint density at radius 3 is 2.53 bits per heavy atom. The quantitative estimate of drug-likeness (QED) is 0.899. The minimum atomic E-state index is -0.890. The van der Waals surface area contributed by atoms with Gasteiger partial charge in [-0.2, -0.15) is 4.98 Å². The highest BCUT2D eigenvalue weighted by atomic mass is 19.1. The average molecular weight is 270 g/mol. The molecule has 0 atom stereocenters. The van der Waals surface area contributed by atoms with E-state index >= 15 is 0 Å². The number of hydrogen-bond acceptors (Lipinski definition) is 5. The van der Waals surface area contributed by atoms with Gasteiger partial charge in [-0.05, 0) is 17.7 Å². The summed E-state index contributed by atoms with van der Waals surface area (Å²) in [6, 6.07) is 2.01. The van der Waals surface area contributed by atoms with Crippen LogP contribution >= 0.6 is 0 Å². The van der Waals surface area contributed by atoms with E-state index in [9.17, 15) is 8.78 Å². The van der Waals surface area contributed by atoms with Crippen molar-refractivity contribution in [3.05, 3.63) is 41.0 Å². The van der Waals surface area contributed by atoms with Crippen molar-refractivity contribution < 1.29 is 23.1 Å². The first-order valence-electron chi connectivity index (χ1n) is 5.67. The highest BCUT2D eigenvalue weighted by molar-refractivity contribution is 5.31. The van der Waals surface area contributed by atoms with Crippen molar-refractivity contribution >= 4 is 0 Å². The molecular formula is C12H12F2N2O3. The van der Waals surface area contributed by atoms with Crippen LogP contribution in [0, 0.1) is 11.6 Å². The number of ether oxygens (including phenoxy) is 1. The molecule has 5 nitrogen and oxygen atoms in total. The molecule has 7 heteroatoms. The van der Waals surface area contributed by atoms with E-state index in [-0.39, 0.29) is 18.1 Å². The Balaban J connectivity index is 2.11. The number of aliphatic hydroxyl groups is 1. The molecule has 0 bridgehead atoms. The van der Waals surface area contributed by atoms with Crippen LogP contribution in [0.15, 0.2) is 16.7 Å². The lowest BCUT2D eigenvalue weighted by molar-refractivity contribution is 0.223. The monoisotopic (exact) mass is 270 g/mol. The van der Waals surface area contributed by atoms with Gasteiger partial charge in [0.25, 0.3) is 5.89 Å². The van der Waals surface area contributed by atoms with Gasteiger partial charge in [-0.1, -0.05) is 12.1 Å². The number of benzene rings is 1. The number of aromatic nitrogens is 2. The van der Waals surface area contributed by atoms with E-state index in [1.807, 2.05) is 6.92 Å². The molecule has 0 aliphatic rings. The van der Waals surface area contributed by atoms with Crippen LogP contribution in [0.2, 0.25) is 0 Å². The molecule has 2 aromatic rings. The van der Waals surface area contributed by atoms with E-state index in [0.29, 0.717) is 12.2 Å². The minimum Gasteiger partial charge on any atom is -0.478 e. The predicted octanol–water partition coefficient (Wildman–Crippen LogP) is 1.98. The Morgan fingerprint density at radius 2 is 2.00 bits per heavy atom. The molecule has 0 amide bonds. The Kier molecular flexibility index (Phi) is 4.06. The molecule has 0 radical (unpaired) electrons. The van der Waals surface area contributed by atoms with Crippen LogP contribution in [-0.4, -0.2) is 15.2 Å². The fourth-order valence-corrected chi connectivity index (χ4v) is 1.47. The zero-order valence-electron chi connectivity index (χ0n) is 10.2. The van der Waals surface area contributed by atoms with Crippen LogP contribution < -0.4 is 4.74 Å². The summed E-state index contributed by atoms with van der Waals surface area (Å²) in [5.41, 5.74) is 0.133. The molecule has 1 aromatic carbocycles. The molecule has 1 aromatic heterocycles. The number of halogens is 2. The smallest absolute Gasteiger partial charge is 0.264 e. The van der Waals surface area contributed by atoms with E-state index in [4.69, 9.17) is 14.4 Å². The first-order chi connectivity index (χ1) is 9.13. The van der Waals surface area contributed by atoms with E-state index in [1.165, 1.54) is 0 Å².